The number of benzene rings is 1. The summed E-state index contributed by atoms with van der Waals surface area (Å²) in [5.74, 6) is 0.814. The SMILES string of the molecule is CCOc1ccc(N=C(N)Cl)cc1. The van der Waals surface area contributed by atoms with Crippen LogP contribution in [0, 0.1) is 0 Å². The van der Waals surface area contributed by atoms with Gasteiger partial charge in [0.25, 0.3) is 0 Å². The molecule has 2 N–H and O–H groups in total. The van der Waals surface area contributed by atoms with Crippen molar-refractivity contribution in [3.63, 3.8) is 0 Å². The van der Waals surface area contributed by atoms with Gasteiger partial charge in [0.15, 0.2) is 5.29 Å². The summed E-state index contributed by atoms with van der Waals surface area (Å²) in [6, 6.07) is 7.23. The molecule has 0 unspecified atom stereocenters. The minimum atomic E-state index is 0.0316. The van der Waals surface area contributed by atoms with Crippen LogP contribution in [0.5, 0.6) is 5.75 Å². The Labute approximate surface area is 82.2 Å². The topological polar surface area (TPSA) is 47.6 Å². The van der Waals surface area contributed by atoms with Crippen molar-refractivity contribution >= 4 is 22.6 Å². The molecule has 1 rings (SSSR count). The van der Waals surface area contributed by atoms with Gasteiger partial charge in [-0.3, -0.25) is 0 Å². The Morgan fingerprint density at radius 1 is 1.46 bits per heavy atom. The summed E-state index contributed by atoms with van der Waals surface area (Å²) in [4.78, 5) is 3.87. The first-order valence-corrected chi connectivity index (χ1v) is 4.32. The Morgan fingerprint density at radius 3 is 2.54 bits per heavy atom. The number of nitrogens with two attached hydrogens (primary N) is 1. The second-order valence-corrected chi connectivity index (χ2v) is 2.75. The highest BCUT2D eigenvalue weighted by atomic mass is 35.5. The van der Waals surface area contributed by atoms with E-state index < -0.39 is 0 Å². The summed E-state index contributed by atoms with van der Waals surface area (Å²) < 4.78 is 5.25. The number of hydrogen-bond donors (Lipinski definition) is 1. The van der Waals surface area contributed by atoms with Gasteiger partial charge in [0.05, 0.1) is 12.3 Å². The lowest BCUT2D eigenvalue weighted by Gasteiger charge is -2.01. The standard InChI is InChI=1S/C9H11ClN2O/c1-2-13-8-5-3-7(4-6-8)12-9(10)11/h3-6H,2H2,1H3,(H2,11,12). The van der Waals surface area contributed by atoms with Gasteiger partial charge in [-0.05, 0) is 42.8 Å². The molecule has 70 valence electrons. The minimum absolute atomic E-state index is 0.0316. The normalized spacial score (nSPS) is 11.4. The van der Waals surface area contributed by atoms with Crippen LogP contribution in [0.2, 0.25) is 0 Å². The zero-order valence-electron chi connectivity index (χ0n) is 7.33. The van der Waals surface area contributed by atoms with Gasteiger partial charge in [0, 0.05) is 0 Å². The molecule has 0 saturated carbocycles. The maximum absolute atomic E-state index is 5.41. The Kier molecular flexibility index (Phi) is 3.58. The van der Waals surface area contributed by atoms with E-state index in [0.29, 0.717) is 6.61 Å². The Hall–Kier alpha value is -1.22. The fraction of sp³-hybridized carbons (Fsp3) is 0.222. The first-order chi connectivity index (χ1) is 6.22. The van der Waals surface area contributed by atoms with E-state index in [1.807, 2.05) is 19.1 Å². The van der Waals surface area contributed by atoms with Crippen LogP contribution in [0.25, 0.3) is 0 Å². The van der Waals surface area contributed by atoms with E-state index in [2.05, 4.69) is 4.99 Å². The maximum Gasteiger partial charge on any atom is 0.193 e. The summed E-state index contributed by atoms with van der Waals surface area (Å²) in [5.41, 5.74) is 5.92. The lowest BCUT2D eigenvalue weighted by atomic mass is 10.3. The number of ether oxygens (including phenoxy) is 1. The molecule has 3 nitrogen and oxygen atoms in total. The summed E-state index contributed by atoms with van der Waals surface area (Å²) >= 11 is 5.41. The van der Waals surface area contributed by atoms with Crippen LogP contribution in [0.3, 0.4) is 0 Å². The molecule has 0 amide bonds. The van der Waals surface area contributed by atoms with E-state index in [-0.39, 0.29) is 5.29 Å². The lowest BCUT2D eigenvalue weighted by Crippen LogP contribution is -1.99. The van der Waals surface area contributed by atoms with Gasteiger partial charge in [-0.15, -0.1) is 0 Å². The predicted octanol–water partition coefficient (Wildman–Crippen LogP) is 2.27. The first kappa shape index (κ1) is 9.86. The largest absolute Gasteiger partial charge is 0.494 e. The third-order valence-corrected chi connectivity index (χ3v) is 1.47. The fourth-order valence-electron chi connectivity index (χ4n) is 0.907. The second-order valence-electron chi connectivity index (χ2n) is 2.36. The highest BCUT2D eigenvalue weighted by molar-refractivity contribution is 6.64. The number of aliphatic imine (C=N–C) groups is 1. The van der Waals surface area contributed by atoms with Gasteiger partial charge >= 0.3 is 0 Å². The highest BCUT2D eigenvalue weighted by Gasteiger charge is 1.92. The molecule has 0 fully saturated rings. The first-order valence-electron chi connectivity index (χ1n) is 3.95. The summed E-state index contributed by atoms with van der Waals surface area (Å²) in [6.45, 7) is 2.59. The average molecular weight is 199 g/mol. The smallest absolute Gasteiger partial charge is 0.193 e. The van der Waals surface area contributed by atoms with Crippen molar-refractivity contribution in [3.8, 4) is 5.75 Å². The summed E-state index contributed by atoms with van der Waals surface area (Å²) in [6.07, 6.45) is 0. The van der Waals surface area contributed by atoms with Crippen molar-refractivity contribution in [3.05, 3.63) is 24.3 Å². The van der Waals surface area contributed by atoms with E-state index in [1.165, 1.54) is 0 Å². The zero-order valence-corrected chi connectivity index (χ0v) is 8.08. The van der Waals surface area contributed by atoms with Gasteiger partial charge < -0.3 is 10.5 Å². The van der Waals surface area contributed by atoms with Gasteiger partial charge in [0.2, 0.25) is 0 Å². The van der Waals surface area contributed by atoms with Crippen LogP contribution in [0.1, 0.15) is 6.92 Å². The van der Waals surface area contributed by atoms with Crippen LogP contribution >= 0.6 is 11.6 Å². The summed E-state index contributed by atoms with van der Waals surface area (Å²) in [7, 11) is 0. The van der Waals surface area contributed by atoms with Crippen LogP contribution in [-0.4, -0.2) is 11.9 Å². The molecule has 0 aliphatic heterocycles. The molecule has 0 aromatic heterocycles. The number of amidine groups is 1. The van der Waals surface area contributed by atoms with E-state index >= 15 is 0 Å². The molecule has 0 bridgehead atoms. The van der Waals surface area contributed by atoms with E-state index in [9.17, 15) is 0 Å². The molecule has 0 aliphatic carbocycles. The number of halogens is 1. The Bertz CT molecular complexity index is 291. The molecule has 0 spiro atoms. The highest BCUT2D eigenvalue weighted by Crippen LogP contribution is 2.17. The minimum Gasteiger partial charge on any atom is -0.494 e. The molecule has 0 aliphatic rings. The van der Waals surface area contributed by atoms with E-state index in [0.717, 1.165) is 11.4 Å². The van der Waals surface area contributed by atoms with Gasteiger partial charge in [-0.1, -0.05) is 0 Å². The van der Waals surface area contributed by atoms with Crippen molar-refractivity contribution in [1.29, 1.82) is 0 Å². The lowest BCUT2D eigenvalue weighted by molar-refractivity contribution is 0.340. The molecule has 0 heterocycles. The van der Waals surface area contributed by atoms with Crippen LogP contribution < -0.4 is 10.5 Å². The number of rotatable bonds is 3. The van der Waals surface area contributed by atoms with Crippen LogP contribution in [0.15, 0.2) is 29.3 Å². The number of nitrogens with zero attached hydrogens (tertiary/aromatic N) is 1. The van der Waals surface area contributed by atoms with Gasteiger partial charge in [-0.2, -0.15) is 0 Å². The Morgan fingerprint density at radius 2 is 2.08 bits per heavy atom. The molecule has 0 radical (unpaired) electrons. The average Bonchev–Trinajstić information content (AvgIpc) is 2.08. The van der Waals surface area contributed by atoms with Gasteiger partial charge in [-0.25, -0.2) is 4.99 Å². The van der Waals surface area contributed by atoms with Crippen LogP contribution in [-0.2, 0) is 0 Å². The molecular weight excluding hydrogens is 188 g/mol. The van der Waals surface area contributed by atoms with Crippen molar-refractivity contribution in [2.75, 3.05) is 6.61 Å². The van der Waals surface area contributed by atoms with Crippen molar-refractivity contribution < 1.29 is 4.74 Å². The van der Waals surface area contributed by atoms with E-state index in [4.69, 9.17) is 22.1 Å². The maximum atomic E-state index is 5.41. The fourth-order valence-corrected chi connectivity index (χ4v) is 1.00. The molecule has 1 aromatic rings. The van der Waals surface area contributed by atoms with Crippen molar-refractivity contribution in [1.82, 2.24) is 0 Å². The molecule has 0 atom stereocenters. The second kappa shape index (κ2) is 4.72. The molecule has 4 heteroatoms. The quantitative estimate of drug-likeness (QED) is 0.460. The molecule has 1 aromatic carbocycles. The zero-order chi connectivity index (χ0) is 9.68. The van der Waals surface area contributed by atoms with Gasteiger partial charge in [0.1, 0.15) is 5.75 Å². The third-order valence-electron chi connectivity index (χ3n) is 1.38. The number of hydrogen-bond acceptors (Lipinski definition) is 2. The predicted molar refractivity (Wildman–Crippen MR) is 54.7 cm³/mol. The Balaban J connectivity index is 2.75. The molecule has 13 heavy (non-hydrogen) atoms. The van der Waals surface area contributed by atoms with E-state index in [1.54, 1.807) is 12.1 Å². The van der Waals surface area contributed by atoms with Crippen molar-refractivity contribution in [2.24, 2.45) is 10.7 Å². The third kappa shape index (κ3) is 3.34. The van der Waals surface area contributed by atoms with Crippen molar-refractivity contribution in [2.45, 2.75) is 6.92 Å². The monoisotopic (exact) mass is 198 g/mol. The molecular formula is C9H11ClN2O. The molecule has 0 saturated heterocycles. The summed E-state index contributed by atoms with van der Waals surface area (Å²) in [5, 5.41) is 0.0316. The van der Waals surface area contributed by atoms with Crippen LogP contribution in [0.4, 0.5) is 5.69 Å².